The van der Waals surface area contributed by atoms with E-state index in [2.05, 4.69) is 28.7 Å². The normalized spacial score (nSPS) is 22.2. The molecule has 2 N–H and O–H groups in total. The first kappa shape index (κ1) is 19.7. The van der Waals surface area contributed by atoms with Gasteiger partial charge in [-0.15, -0.1) is 6.58 Å². The topological polar surface area (TPSA) is 70.0 Å². The summed E-state index contributed by atoms with van der Waals surface area (Å²) in [5.41, 5.74) is 0. The number of nitrogens with zero attached hydrogens (tertiary/aromatic N) is 3. The summed E-state index contributed by atoms with van der Waals surface area (Å²) >= 11 is 0. The molecule has 148 valence electrons. The van der Waals surface area contributed by atoms with E-state index in [0.29, 0.717) is 12.0 Å². The lowest BCUT2D eigenvalue weighted by Gasteiger charge is -2.33. The van der Waals surface area contributed by atoms with Crippen molar-refractivity contribution >= 4 is 11.7 Å². The predicted octanol–water partition coefficient (Wildman–Crippen LogP) is 3.14. The number of ether oxygens (including phenoxy) is 1. The number of amidine groups is 1. The number of aliphatic imine (C=N–C) groups is 1. The minimum Gasteiger partial charge on any atom is -0.493 e. The molecule has 2 atom stereocenters. The highest BCUT2D eigenvalue weighted by Gasteiger charge is 2.23. The van der Waals surface area contributed by atoms with Crippen LogP contribution in [0.3, 0.4) is 0 Å². The van der Waals surface area contributed by atoms with Gasteiger partial charge >= 0.3 is 0 Å². The fourth-order valence-electron chi connectivity index (χ4n) is 3.64. The van der Waals surface area contributed by atoms with Gasteiger partial charge in [-0.05, 0) is 44.6 Å². The largest absolute Gasteiger partial charge is 0.493 e. The van der Waals surface area contributed by atoms with Crippen LogP contribution in [0.2, 0.25) is 0 Å². The summed E-state index contributed by atoms with van der Waals surface area (Å²) in [6.45, 7) is 9.62. The molecule has 2 fully saturated rings. The second-order valence-corrected chi connectivity index (χ2v) is 7.60. The van der Waals surface area contributed by atoms with E-state index in [9.17, 15) is 5.11 Å². The standard InChI is InChI=1S/C21H32N4O2/c1-3-5-16(2)23-19(22-15-18-10-13-27-18)14-17-8-11-25(12-9-17)20-6-4-7-21(26)24-20/h3-4,6-7,16-18H,1,5,8-15H2,2H3,(H,22,23)(H,24,26)/t16?,18-/m0/s1. The van der Waals surface area contributed by atoms with Crippen LogP contribution in [0, 0.1) is 5.92 Å². The van der Waals surface area contributed by atoms with Gasteiger partial charge in [0.2, 0.25) is 5.88 Å². The molecule has 1 aromatic heterocycles. The minimum absolute atomic E-state index is 0.0858. The van der Waals surface area contributed by atoms with Crippen molar-refractivity contribution in [3.05, 3.63) is 30.9 Å². The summed E-state index contributed by atoms with van der Waals surface area (Å²) in [7, 11) is 0. The van der Waals surface area contributed by atoms with Gasteiger partial charge in [-0.1, -0.05) is 12.1 Å². The molecule has 3 heterocycles. The van der Waals surface area contributed by atoms with Crippen LogP contribution in [0.5, 0.6) is 5.88 Å². The van der Waals surface area contributed by atoms with Crippen molar-refractivity contribution in [2.75, 3.05) is 31.1 Å². The number of aromatic hydroxyl groups is 1. The van der Waals surface area contributed by atoms with Crippen LogP contribution in [-0.2, 0) is 4.74 Å². The van der Waals surface area contributed by atoms with E-state index < -0.39 is 0 Å². The third kappa shape index (κ3) is 5.96. The van der Waals surface area contributed by atoms with Crippen LogP contribution in [0.25, 0.3) is 0 Å². The summed E-state index contributed by atoms with van der Waals surface area (Å²) in [5.74, 6) is 2.67. The number of piperidine rings is 1. The molecule has 1 unspecified atom stereocenters. The lowest BCUT2D eigenvalue weighted by molar-refractivity contribution is -0.0460. The molecule has 2 aliphatic heterocycles. The second kappa shape index (κ2) is 9.74. The molecular weight excluding hydrogens is 340 g/mol. The molecule has 1 aromatic rings. The zero-order valence-corrected chi connectivity index (χ0v) is 16.3. The number of anilines is 1. The Morgan fingerprint density at radius 2 is 2.22 bits per heavy atom. The van der Waals surface area contributed by atoms with Gasteiger partial charge < -0.3 is 20.1 Å². The molecular formula is C21H32N4O2. The van der Waals surface area contributed by atoms with E-state index in [4.69, 9.17) is 9.73 Å². The summed E-state index contributed by atoms with van der Waals surface area (Å²) in [5, 5.41) is 13.1. The van der Waals surface area contributed by atoms with Crippen molar-refractivity contribution in [1.82, 2.24) is 10.3 Å². The molecule has 0 saturated carbocycles. The van der Waals surface area contributed by atoms with Crippen molar-refractivity contribution < 1.29 is 9.84 Å². The molecule has 2 aliphatic rings. The first-order valence-corrected chi connectivity index (χ1v) is 10.1. The Bertz CT molecular complexity index is 637. The number of nitrogens with one attached hydrogen (secondary N) is 1. The van der Waals surface area contributed by atoms with Crippen LogP contribution < -0.4 is 10.2 Å². The van der Waals surface area contributed by atoms with Gasteiger partial charge in [0, 0.05) is 38.7 Å². The lowest BCUT2D eigenvalue weighted by Crippen LogP contribution is -2.41. The van der Waals surface area contributed by atoms with Crippen LogP contribution in [0.4, 0.5) is 5.82 Å². The van der Waals surface area contributed by atoms with Gasteiger partial charge in [0.25, 0.3) is 0 Å². The lowest BCUT2D eigenvalue weighted by atomic mass is 9.92. The first-order chi connectivity index (χ1) is 13.1. The van der Waals surface area contributed by atoms with Crippen molar-refractivity contribution in [1.29, 1.82) is 0 Å². The van der Waals surface area contributed by atoms with E-state index in [1.807, 2.05) is 18.2 Å². The third-order valence-electron chi connectivity index (χ3n) is 5.35. The summed E-state index contributed by atoms with van der Waals surface area (Å²) < 4.78 is 5.53. The van der Waals surface area contributed by atoms with Crippen molar-refractivity contribution in [3.8, 4) is 5.88 Å². The number of hydrogen-bond donors (Lipinski definition) is 2. The van der Waals surface area contributed by atoms with E-state index in [-0.39, 0.29) is 11.9 Å². The summed E-state index contributed by atoms with van der Waals surface area (Å²) in [6, 6.07) is 5.68. The molecule has 0 aromatic carbocycles. The van der Waals surface area contributed by atoms with Crippen LogP contribution in [-0.4, -0.2) is 54.3 Å². The smallest absolute Gasteiger partial charge is 0.212 e. The average molecular weight is 373 g/mol. The highest BCUT2D eigenvalue weighted by molar-refractivity contribution is 5.82. The van der Waals surface area contributed by atoms with E-state index in [1.54, 1.807) is 6.07 Å². The number of rotatable bonds is 8. The van der Waals surface area contributed by atoms with Crippen LogP contribution in [0.1, 0.15) is 39.0 Å². The summed E-state index contributed by atoms with van der Waals surface area (Å²) in [4.78, 5) is 11.4. The Kier molecular flexibility index (Phi) is 7.10. The summed E-state index contributed by atoms with van der Waals surface area (Å²) in [6.07, 6.45) is 7.49. The molecule has 2 saturated heterocycles. The maximum Gasteiger partial charge on any atom is 0.212 e. The van der Waals surface area contributed by atoms with Gasteiger partial charge in [0.05, 0.1) is 18.0 Å². The molecule has 27 heavy (non-hydrogen) atoms. The van der Waals surface area contributed by atoms with Crippen LogP contribution >= 0.6 is 0 Å². The molecule has 0 radical (unpaired) electrons. The van der Waals surface area contributed by atoms with Gasteiger partial charge in [-0.2, -0.15) is 4.98 Å². The number of pyridine rings is 1. The Balaban J connectivity index is 1.53. The van der Waals surface area contributed by atoms with Crippen molar-refractivity contribution in [2.45, 2.75) is 51.2 Å². The van der Waals surface area contributed by atoms with Crippen molar-refractivity contribution in [2.24, 2.45) is 10.9 Å². The van der Waals surface area contributed by atoms with Gasteiger partial charge in [0.15, 0.2) is 0 Å². The van der Waals surface area contributed by atoms with E-state index in [1.165, 1.54) is 0 Å². The van der Waals surface area contributed by atoms with Gasteiger partial charge in [-0.25, -0.2) is 0 Å². The highest BCUT2D eigenvalue weighted by Crippen LogP contribution is 2.25. The van der Waals surface area contributed by atoms with Gasteiger partial charge in [-0.3, -0.25) is 4.99 Å². The molecule has 0 bridgehead atoms. The zero-order valence-electron chi connectivity index (χ0n) is 16.3. The SMILES string of the molecule is C=CCC(C)/N=C(/CC1CCN(c2cccc(O)n2)CC1)NC[C@@H]1CCO1. The van der Waals surface area contributed by atoms with Crippen molar-refractivity contribution in [3.63, 3.8) is 0 Å². The Hall–Kier alpha value is -2.08. The number of hydrogen-bond acceptors (Lipinski definition) is 5. The molecule has 3 rings (SSSR count). The zero-order chi connectivity index (χ0) is 19.1. The third-order valence-corrected chi connectivity index (χ3v) is 5.35. The Morgan fingerprint density at radius 1 is 1.44 bits per heavy atom. The monoisotopic (exact) mass is 372 g/mol. The predicted molar refractivity (Wildman–Crippen MR) is 110 cm³/mol. The highest BCUT2D eigenvalue weighted by atomic mass is 16.5. The molecule has 0 spiro atoms. The minimum atomic E-state index is 0.0858. The molecule has 6 nitrogen and oxygen atoms in total. The molecule has 6 heteroatoms. The average Bonchev–Trinajstić information content (AvgIpc) is 2.61. The molecule has 0 aliphatic carbocycles. The van der Waals surface area contributed by atoms with Gasteiger partial charge in [0.1, 0.15) is 5.82 Å². The second-order valence-electron chi connectivity index (χ2n) is 7.60. The fraction of sp³-hybridized carbons (Fsp3) is 0.619. The first-order valence-electron chi connectivity index (χ1n) is 10.1. The number of aromatic nitrogens is 1. The maximum atomic E-state index is 9.59. The Labute approximate surface area is 162 Å². The molecule has 0 amide bonds. The Morgan fingerprint density at radius 3 is 2.85 bits per heavy atom. The van der Waals surface area contributed by atoms with Crippen LogP contribution in [0.15, 0.2) is 35.8 Å². The quantitative estimate of drug-likeness (QED) is 0.417. The van der Waals surface area contributed by atoms with E-state index in [0.717, 1.165) is 70.0 Å². The maximum absolute atomic E-state index is 9.59. The van der Waals surface area contributed by atoms with E-state index >= 15 is 0 Å². The fourth-order valence-corrected chi connectivity index (χ4v) is 3.64.